The maximum absolute atomic E-state index is 11.6. The fraction of sp³-hybridized carbons (Fsp3) is 0.600. The van der Waals surface area contributed by atoms with E-state index in [1.807, 2.05) is 0 Å². The Morgan fingerprint density at radius 2 is 2.38 bits per heavy atom. The molecule has 1 fully saturated rings. The minimum atomic E-state index is -2.87. The summed E-state index contributed by atoms with van der Waals surface area (Å²) in [7, 11) is -2.87. The minimum absolute atomic E-state index is 0.261. The van der Waals surface area contributed by atoms with E-state index in [2.05, 4.69) is 15.3 Å². The summed E-state index contributed by atoms with van der Waals surface area (Å²) in [6.07, 6.45) is 3.19. The second kappa shape index (κ2) is 4.37. The summed E-state index contributed by atoms with van der Waals surface area (Å²) >= 11 is 0. The molecule has 1 unspecified atom stereocenters. The number of aromatic nitrogens is 2. The molecule has 2 rings (SSSR count). The van der Waals surface area contributed by atoms with Crippen LogP contribution in [0.1, 0.15) is 18.7 Å². The second-order valence-electron chi connectivity index (χ2n) is 4.00. The average Bonchev–Trinajstić information content (AvgIpc) is 2.55. The molecule has 0 radical (unpaired) electrons. The Morgan fingerprint density at radius 3 is 3.00 bits per heavy atom. The molecule has 0 aromatic carbocycles. The summed E-state index contributed by atoms with van der Waals surface area (Å²) < 4.78 is 23.2. The second-order valence-corrected chi connectivity index (χ2v) is 6.40. The molecule has 1 N–H and O–H groups in total. The molecule has 6 heteroatoms. The quantitative estimate of drug-likeness (QED) is 0.846. The van der Waals surface area contributed by atoms with Gasteiger partial charge in [0.1, 0.15) is 11.6 Å². The SMILES string of the molecule is Cc1nccc(NCC2CCCS2(=O)=O)n1. The third kappa shape index (κ3) is 2.49. The number of sulfone groups is 1. The lowest BCUT2D eigenvalue weighted by atomic mass is 10.2. The van der Waals surface area contributed by atoms with E-state index in [-0.39, 0.29) is 5.25 Å². The molecule has 1 aromatic heterocycles. The van der Waals surface area contributed by atoms with E-state index in [9.17, 15) is 8.42 Å². The van der Waals surface area contributed by atoms with Crippen molar-refractivity contribution >= 4 is 15.7 Å². The molecule has 0 bridgehead atoms. The first-order chi connectivity index (χ1) is 7.58. The largest absolute Gasteiger partial charge is 0.369 e. The van der Waals surface area contributed by atoms with Crippen molar-refractivity contribution in [3.63, 3.8) is 0 Å². The Kier molecular flexibility index (Phi) is 3.09. The Labute approximate surface area is 95.2 Å². The molecule has 1 aliphatic rings. The number of hydrogen-bond acceptors (Lipinski definition) is 5. The summed E-state index contributed by atoms with van der Waals surface area (Å²) in [6, 6.07) is 1.74. The van der Waals surface area contributed by atoms with Crippen LogP contribution in [0.5, 0.6) is 0 Å². The van der Waals surface area contributed by atoms with Gasteiger partial charge in [-0.05, 0) is 25.8 Å². The molecule has 0 saturated carbocycles. The summed E-state index contributed by atoms with van der Waals surface area (Å²) in [4.78, 5) is 8.14. The maximum Gasteiger partial charge on any atom is 0.154 e. The highest BCUT2D eigenvalue weighted by atomic mass is 32.2. The van der Waals surface area contributed by atoms with E-state index in [0.29, 0.717) is 23.9 Å². The van der Waals surface area contributed by atoms with Gasteiger partial charge in [0.05, 0.1) is 11.0 Å². The molecular formula is C10H15N3O2S. The van der Waals surface area contributed by atoms with Crippen LogP contribution in [0.4, 0.5) is 5.82 Å². The van der Waals surface area contributed by atoms with Gasteiger partial charge < -0.3 is 5.32 Å². The van der Waals surface area contributed by atoms with Crippen LogP contribution in [0.25, 0.3) is 0 Å². The first kappa shape index (κ1) is 11.3. The molecule has 1 aromatic rings. The Morgan fingerprint density at radius 1 is 1.56 bits per heavy atom. The van der Waals surface area contributed by atoms with Crippen molar-refractivity contribution in [2.45, 2.75) is 25.0 Å². The molecule has 2 heterocycles. The van der Waals surface area contributed by atoms with Gasteiger partial charge in [0.2, 0.25) is 0 Å². The van der Waals surface area contributed by atoms with Gasteiger partial charge in [-0.3, -0.25) is 0 Å². The van der Waals surface area contributed by atoms with Crippen molar-refractivity contribution in [1.29, 1.82) is 0 Å². The molecule has 16 heavy (non-hydrogen) atoms. The molecule has 0 spiro atoms. The van der Waals surface area contributed by atoms with Crippen LogP contribution >= 0.6 is 0 Å². The van der Waals surface area contributed by atoms with Crippen LogP contribution < -0.4 is 5.32 Å². The lowest BCUT2D eigenvalue weighted by molar-refractivity contribution is 0.591. The normalized spacial score (nSPS) is 23.2. The Balaban J connectivity index is 1.98. The van der Waals surface area contributed by atoms with Crippen molar-refractivity contribution in [2.24, 2.45) is 0 Å². The van der Waals surface area contributed by atoms with Gasteiger partial charge in [-0.2, -0.15) is 0 Å². The molecule has 88 valence electrons. The van der Waals surface area contributed by atoms with Gasteiger partial charge in [-0.1, -0.05) is 0 Å². The third-order valence-corrected chi connectivity index (χ3v) is 5.03. The highest BCUT2D eigenvalue weighted by Crippen LogP contribution is 2.20. The first-order valence-electron chi connectivity index (χ1n) is 5.33. The zero-order chi connectivity index (χ0) is 11.6. The summed E-state index contributed by atoms with van der Waals surface area (Å²) in [6.45, 7) is 2.25. The highest BCUT2D eigenvalue weighted by Gasteiger charge is 2.30. The molecule has 1 aliphatic heterocycles. The van der Waals surface area contributed by atoms with E-state index in [1.165, 1.54) is 0 Å². The van der Waals surface area contributed by atoms with Crippen molar-refractivity contribution in [3.8, 4) is 0 Å². The van der Waals surface area contributed by atoms with Gasteiger partial charge >= 0.3 is 0 Å². The van der Waals surface area contributed by atoms with Crippen molar-refractivity contribution in [3.05, 3.63) is 18.1 Å². The van der Waals surface area contributed by atoms with Gasteiger partial charge in [0, 0.05) is 12.7 Å². The van der Waals surface area contributed by atoms with Crippen LogP contribution in [0.2, 0.25) is 0 Å². The summed E-state index contributed by atoms with van der Waals surface area (Å²) in [5.74, 6) is 1.69. The van der Waals surface area contributed by atoms with Gasteiger partial charge in [0.25, 0.3) is 0 Å². The van der Waals surface area contributed by atoms with Crippen molar-refractivity contribution in [2.75, 3.05) is 17.6 Å². The molecule has 1 atom stereocenters. The standard InChI is InChI=1S/C10H15N3O2S/c1-8-11-5-4-10(13-8)12-7-9-3-2-6-16(9,14)15/h4-5,9H,2-3,6-7H2,1H3,(H,11,12,13). The van der Waals surface area contributed by atoms with Crippen LogP contribution in [0.15, 0.2) is 12.3 Å². The van der Waals surface area contributed by atoms with Crippen molar-refractivity contribution < 1.29 is 8.42 Å². The number of aryl methyl sites for hydroxylation is 1. The zero-order valence-electron chi connectivity index (χ0n) is 9.18. The summed E-state index contributed by atoms with van der Waals surface area (Å²) in [5, 5.41) is 2.79. The Bertz CT molecular complexity index is 473. The lowest BCUT2D eigenvalue weighted by Gasteiger charge is -2.11. The van der Waals surface area contributed by atoms with Gasteiger partial charge in [0.15, 0.2) is 9.84 Å². The van der Waals surface area contributed by atoms with Crippen molar-refractivity contribution in [1.82, 2.24) is 9.97 Å². The number of nitrogens with one attached hydrogen (secondary N) is 1. The van der Waals surface area contributed by atoms with E-state index in [1.54, 1.807) is 19.2 Å². The van der Waals surface area contributed by atoms with E-state index in [4.69, 9.17) is 0 Å². The fourth-order valence-corrected chi connectivity index (χ4v) is 3.63. The fourth-order valence-electron chi connectivity index (χ4n) is 1.86. The lowest BCUT2D eigenvalue weighted by Crippen LogP contribution is -2.25. The monoisotopic (exact) mass is 241 g/mol. The van der Waals surface area contributed by atoms with E-state index in [0.717, 1.165) is 12.8 Å². The van der Waals surface area contributed by atoms with Crippen LogP contribution in [-0.2, 0) is 9.84 Å². The van der Waals surface area contributed by atoms with E-state index < -0.39 is 9.84 Å². The number of anilines is 1. The highest BCUT2D eigenvalue weighted by molar-refractivity contribution is 7.92. The number of hydrogen-bond donors (Lipinski definition) is 1. The average molecular weight is 241 g/mol. The molecular weight excluding hydrogens is 226 g/mol. The predicted molar refractivity (Wildman–Crippen MR) is 62.1 cm³/mol. The first-order valence-corrected chi connectivity index (χ1v) is 7.04. The molecule has 1 saturated heterocycles. The van der Waals surface area contributed by atoms with E-state index >= 15 is 0 Å². The smallest absolute Gasteiger partial charge is 0.154 e. The van der Waals surface area contributed by atoms with Gasteiger partial charge in [-0.25, -0.2) is 18.4 Å². The molecule has 0 aliphatic carbocycles. The number of rotatable bonds is 3. The molecule has 0 amide bonds. The predicted octanol–water partition coefficient (Wildman–Crippen LogP) is 0.774. The number of nitrogens with zero attached hydrogens (tertiary/aromatic N) is 2. The zero-order valence-corrected chi connectivity index (χ0v) is 10.00. The molecule has 5 nitrogen and oxygen atoms in total. The van der Waals surface area contributed by atoms with Crippen LogP contribution in [0, 0.1) is 6.92 Å². The minimum Gasteiger partial charge on any atom is -0.369 e. The maximum atomic E-state index is 11.6. The Hall–Kier alpha value is -1.17. The van der Waals surface area contributed by atoms with Crippen LogP contribution in [-0.4, -0.2) is 35.9 Å². The van der Waals surface area contributed by atoms with Gasteiger partial charge in [-0.15, -0.1) is 0 Å². The van der Waals surface area contributed by atoms with Crippen LogP contribution in [0.3, 0.4) is 0 Å². The topological polar surface area (TPSA) is 72.0 Å². The summed E-state index contributed by atoms with van der Waals surface area (Å²) in [5.41, 5.74) is 0. The third-order valence-electron chi connectivity index (χ3n) is 2.75.